The third-order valence-corrected chi connectivity index (χ3v) is 4.87. The Morgan fingerprint density at radius 2 is 2.25 bits per heavy atom. The molecule has 0 aromatic carbocycles. The highest BCUT2D eigenvalue weighted by Gasteiger charge is 2.18. The van der Waals surface area contributed by atoms with E-state index in [-0.39, 0.29) is 12.3 Å². The summed E-state index contributed by atoms with van der Waals surface area (Å²) < 4.78 is 12.3. The SMILES string of the molecule is C=C1CCOc2cc(=O)n(COCC[Si](C)(C)C)nc21. The molecule has 0 aliphatic carbocycles. The minimum Gasteiger partial charge on any atom is -0.491 e. The van der Waals surface area contributed by atoms with Gasteiger partial charge in [0, 0.05) is 27.2 Å². The van der Waals surface area contributed by atoms with Gasteiger partial charge in [0.15, 0.2) is 5.75 Å². The topological polar surface area (TPSA) is 53.4 Å². The number of nitrogens with zero attached hydrogens (tertiary/aromatic N) is 2. The van der Waals surface area contributed by atoms with Crippen LogP contribution >= 0.6 is 0 Å². The van der Waals surface area contributed by atoms with Crippen molar-refractivity contribution in [1.82, 2.24) is 9.78 Å². The molecule has 0 radical (unpaired) electrons. The fourth-order valence-corrected chi connectivity index (χ4v) is 2.61. The zero-order valence-corrected chi connectivity index (χ0v) is 13.4. The van der Waals surface area contributed by atoms with Crippen molar-refractivity contribution in [2.45, 2.75) is 38.8 Å². The molecule has 20 heavy (non-hydrogen) atoms. The van der Waals surface area contributed by atoms with Crippen molar-refractivity contribution in [1.29, 1.82) is 0 Å². The molecular formula is C14H22N2O3Si. The Labute approximate surface area is 120 Å². The van der Waals surface area contributed by atoms with E-state index in [0.29, 0.717) is 24.7 Å². The van der Waals surface area contributed by atoms with Gasteiger partial charge < -0.3 is 9.47 Å². The van der Waals surface area contributed by atoms with Crippen LogP contribution in [-0.2, 0) is 11.5 Å². The van der Waals surface area contributed by atoms with Gasteiger partial charge in [-0.05, 0) is 11.6 Å². The molecule has 0 saturated heterocycles. The minimum atomic E-state index is -1.11. The average molecular weight is 294 g/mol. The van der Waals surface area contributed by atoms with Crippen LogP contribution in [0.5, 0.6) is 5.75 Å². The maximum atomic E-state index is 11.9. The monoisotopic (exact) mass is 294 g/mol. The molecule has 1 aliphatic rings. The van der Waals surface area contributed by atoms with Crippen molar-refractivity contribution in [2.75, 3.05) is 13.2 Å². The van der Waals surface area contributed by atoms with Crippen molar-refractivity contribution in [3.8, 4) is 5.75 Å². The highest BCUT2D eigenvalue weighted by Crippen LogP contribution is 2.27. The molecule has 1 aromatic heterocycles. The first-order chi connectivity index (χ1) is 9.37. The molecule has 0 atom stereocenters. The molecule has 2 rings (SSSR count). The minimum absolute atomic E-state index is 0.184. The Morgan fingerprint density at radius 1 is 1.50 bits per heavy atom. The first kappa shape index (κ1) is 15.0. The third-order valence-electron chi connectivity index (χ3n) is 3.17. The predicted octanol–water partition coefficient (Wildman–Crippen LogP) is 2.35. The van der Waals surface area contributed by atoms with Crippen LogP contribution in [0.15, 0.2) is 17.4 Å². The van der Waals surface area contributed by atoms with E-state index in [4.69, 9.17) is 9.47 Å². The number of hydrogen-bond acceptors (Lipinski definition) is 4. The summed E-state index contributed by atoms with van der Waals surface area (Å²) in [5.74, 6) is 0.532. The summed E-state index contributed by atoms with van der Waals surface area (Å²) in [6.45, 7) is 12.2. The van der Waals surface area contributed by atoms with Crippen molar-refractivity contribution in [3.63, 3.8) is 0 Å². The van der Waals surface area contributed by atoms with E-state index in [1.807, 2.05) is 0 Å². The normalized spacial score (nSPS) is 14.8. The molecule has 6 heteroatoms. The van der Waals surface area contributed by atoms with Gasteiger partial charge >= 0.3 is 0 Å². The number of fused-ring (bicyclic) bond motifs is 1. The highest BCUT2D eigenvalue weighted by atomic mass is 28.3. The molecular weight excluding hydrogens is 272 g/mol. The summed E-state index contributed by atoms with van der Waals surface area (Å²) in [5, 5.41) is 4.29. The second-order valence-corrected chi connectivity index (χ2v) is 11.9. The van der Waals surface area contributed by atoms with E-state index < -0.39 is 8.07 Å². The van der Waals surface area contributed by atoms with E-state index in [1.165, 1.54) is 10.7 Å². The molecule has 5 nitrogen and oxygen atoms in total. The molecule has 0 bridgehead atoms. The maximum absolute atomic E-state index is 11.9. The smallest absolute Gasteiger partial charge is 0.272 e. The molecule has 0 saturated carbocycles. The van der Waals surface area contributed by atoms with Crippen LogP contribution < -0.4 is 10.3 Å². The molecule has 1 aromatic rings. The van der Waals surface area contributed by atoms with Crippen LogP contribution in [0, 0.1) is 0 Å². The van der Waals surface area contributed by atoms with Gasteiger partial charge in [0.25, 0.3) is 5.56 Å². The van der Waals surface area contributed by atoms with Gasteiger partial charge in [0.05, 0.1) is 6.61 Å². The standard InChI is InChI=1S/C14H22N2O3Si/c1-11-5-6-19-12-9-13(17)16(15-14(11)12)10-18-7-8-20(2,3)4/h9H,1,5-8,10H2,2-4H3. The molecule has 1 aliphatic heterocycles. The number of hydrogen-bond donors (Lipinski definition) is 0. The fraction of sp³-hybridized carbons (Fsp3) is 0.571. The van der Waals surface area contributed by atoms with Crippen molar-refractivity contribution >= 4 is 13.6 Å². The summed E-state index contributed by atoms with van der Waals surface area (Å²) in [7, 11) is -1.11. The Balaban J connectivity index is 2.04. The first-order valence-electron chi connectivity index (χ1n) is 6.88. The predicted molar refractivity (Wildman–Crippen MR) is 81.7 cm³/mol. The van der Waals surface area contributed by atoms with Gasteiger partial charge in [0.2, 0.25) is 0 Å². The summed E-state index contributed by atoms with van der Waals surface area (Å²) in [5.41, 5.74) is 1.37. The van der Waals surface area contributed by atoms with Crippen LogP contribution in [0.4, 0.5) is 0 Å². The molecule has 2 heterocycles. The summed E-state index contributed by atoms with van der Waals surface area (Å²) in [6.07, 6.45) is 0.745. The lowest BCUT2D eigenvalue weighted by Crippen LogP contribution is -2.28. The van der Waals surface area contributed by atoms with Gasteiger partial charge in [-0.15, -0.1) is 0 Å². The second-order valence-electron chi connectivity index (χ2n) is 6.24. The molecule has 0 fully saturated rings. The number of ether oxygens (including phenoxy) is 2. The van der Waals surface area contributed by atoms with E-state index >= 15 is 0 Å². The summed E-state index contributed by atoms with van der Waals surface area (Å²) in [6, 6.07) is 2.54. The van der Waals surface area contributed by atoms with Gasteiger partial charge in [-0.1, -0.05) is 26.2 Å². The van der Waals surface area contributed by atoms with E-state index in [2.05, 4.69) is 31.3 Å². The average Bonchev–Trinajstić information content (AvgIpc) is 2.34. The molecule has 0 N–H and O–H groups in total. The van der Waals surface area contributed by atoms with Crippen LogP contribution in [0.1, 0.15) is 12.1 Å². The van der Waals surface area contributed by atoms with E-state index in [9.17, 15) is 4.79 Å². The van der Waals surface area contributed by atoms with Crippen LogP contribution in [0.25, 0.3) is 5.57 Å². The zero-order chi connectivity index (χ0) is 14.8. The first-order valence-corrected chi connectivity index (χ1v) is 10.6. The summed E-state index contributed by atoms with van der Waals surface area (Å²) >= 11 is 0. The highest BCUT2D eigenvalue weighted by molar-refractivity contribution is 6.76. The van der Waals surface area contributed by atoms with E-state index in [0.717, 1.165) is 18.0 Å². The van der Waals surface area contributed by atoms with Crippen LogP contribution in [-0.4, -0.2) is 31.1 Å². The quantitative estimate of drug-likeness (QED) is 0.618. The van der Waals surface area contributed by atoms with Crippen LogP contribution in [0.2, 0.25) is 25.7 Å². The van der Waals surface area contributed by atoms with E-state index in [1.54, 1.807) is 0 Å². The third kappa shape index (κ3) is 3.80. The van der Waals surface area contributed by atoms with Gasteiger partial charge in [-0.3, -0.25) is 4.79 Å². The Hall–Kier alpha value is -1.40. The Kier molecular flexibility index (Phi) is 4.44. The lowest BCUT2D eigenvalue weighted by Gasteiger charge is -2.19. The lowest BCUT2D eigenvalue weighted by molar-refractivity contribution is 0.0743. The fourth-order valence-electron chi connectivity index (χ4n) is 1.85. The molecule has 0 unspecified atom stereocenters. The second kappa shape index (κ2) is 5.93. The van der Waals surface area contributed by atoms with Gasteiger partial charge in [-0.2, -0.15) is 5.10 Å². The number of aromatic nitrogens is 2. The zero-order valence-electron chi connectivity index (χ0n) is 12.4. The van der Waals surface area contributed by atoms with Crippen LogP contribution in [0.3, 0.4) is 0 Å². The van der Waals surface area contributed by atoms with Gasteiger partial charge in [0.1, 0.15) is 12.4 Å². The molecule has 0 amide bonds. The lowest BCUT2D eigenvalue weighted by atomic mass is 10.1. The largest absolute Gasteiger partial charge is 0.491 e. The van der Waals surface area contributed by atoms with Gasteiger partial charge in [-0.25, -0.2) is 4.68 Å². The molecule has 110 valence electrons. The Morgan fingerprint density at radius 3 is 2.95 bits per heavy atom. The number of rotatable bonds is 5. The van der Waals surface area contributed by atoms with Crippen molar-refractivity contribution < 1.29 is 9.47 Å². The molecule has 0 spiro atoms. The van der Waals surface area contributed by atoms with Crippen molar-refractivity contribution in [3.05, 3.63) is 28.7 Å². The maximum Gasteiger partial charge on any atom is 0.272 e. The Bertz CT molecular complexity index is 561. The van der Waals surface area contributed by atoms with Crippen molar-refractivity contribution in [2.24, 2.45) is 0 Å². The summed E-state index contributed by atoms with van der Waals surface area (Å²) in [4.78, 5) is 11.9.